The number of nitrogens with one attached hydrogen (secondary N) is 1. The van der Waals surface area contributed by atoms with E-state index in [4.69, 9.17) is 0 Å². The van der Waals surface area contributed by atoms with Gasteiger partial charge in [0.05, 0.1) is 0 Å². The first-order valence-electron chi connectivity index (χ1n) is 5.65. The van der Waals surface area contributed by atoms with Crippen LogP contribution in [0.15, 0.2) is 12.2 Å². The Labute approximate surface area is 106 Å². The van der Waals surface area contributed by atoms with Crippen LogP contribution in [0.3, 0.4) is 0 Å². The predicted molar refractivity (Wildman–Crippen MR) is 69.0 cm³/mol. The van der Waals surface area contributed by atoms with Crippen LogP contribution in [0.2, 0.25) is 0 Å². The number of amides is 1. The quantitative estimate of drug-likeness (QED) is 0.735. The van der Waals surface area contributed by atoms with E-state index in [-0.39, 0.29) is 11.8 Å². The van der Waals surface area contributed by atoms with Crippen LogP contribution in [0.4, 0.5) is 0 Å². The molecule has 1 saturated heterocycles. The zero-order chi connectivity index (χ0) is 13.1. The molecule has 1 aliphatic rings. The summed E-state index contributed by atoms with van der Waals surface area (Å²) >= 11 is 1.56. The van der Waals surface area contributed by atoms with Crippen LogP contribution >= 0.6 is 11.8 Å². The fourth-order valence-electron chi connectivity index (χ4n) is 1.86. The number of thioether (sulfide) groups is 1. The Morgan fingerprint density at radius 2 is 2.24 bits per heavy atom. The van der Waals surface area contributed by atoms with E-state index in [0.717, 1.165) is 11.3 Å². The van der Waals surface area contributed by atoms with Crippen molar-refractivity contribution >= 4 is 23.6 Å². The Kier molecular flexibility index (Phi) is 4.62. The Bertz CT molecular complexity index is 335. The number of carbonyl (C=O) groups excluding carboxylic acids is 1. The Balaban J connectivity index is 2.65. The minimum Gasteiger partial charge on any atom is -0.479 e. The van der Waals surface area contributed by atoms with Crippen molar-refractivity contribution in [3.05, 3.63) is 12.2 Å². The molecule has 0 spiro atoms. The summed E-state index contributed by atoms with van der Waals surface area (Å²) in [5.41, 5.74) is -0.136. The molecule has 4 nitrogen and oxygen atoms in total. The van der Waals surface area contributed by atoms with Gasteiger partial charge < -0.3 is 10.4 Å². The van der Waals surface area contributed by atoms with Crippen molar-refractivity contribution in [2.24, 2.45) is 5.92 Å². The summed E-state index contributed by atoms with van der Waals surface area (Å²) in [5, 5.41) is 11.9. The topological polar surface area (TPSA) is 66.4 Å². The van der Waals surface area contributed by atoms with Crippen molar-refractivity contribution in [1.82, 2.24) is 5.32 Å². The molecule has 17 heavy (non-hydrogen) atoms. The third kappa shape index (κ3) is 3.49. The van der Waals surface area contributed by atoms with Crippen LogP contribution in [0, 0.1) is 5.92 Å². The van der Waals surface area contributed by atoms with E-state index in [9.17, 15) is 14.7 Å². The maximum Gasteiger partial charge on any atom is 0.330 e. The molecule has 0 aromatic rings. The highest BCUT2D eigenvalue weighted by Crippen LogP contribution is 2.28. The predicted octanol–water partition coefficient (Wildman–Crippen LogP) is 1.67. The van der Waals surface area contributed by atoms with E-state index in [1.54, 1.807) is 18.7 Å². The van der Waals surface area contributed by atoms with E-state index < -0.39 is 11.5 Å². The first kappa shape index (κ1) is 14.1. The Hall–Kier alpha value is -0.970. The second-order valence-electron chi connectivity index (χ2n) is 4.74. The van der Waals surface area contributed by atoms with E-state index in [2.05, 4.69) is 11.9 Å². The molecule has 0 radical (unpaired) electrons. The van der Waals surface area contributed by atoms with E-state index in [0.29, 0.717) is 18.6 Å². The highest BCUT2D eigenvalue weighted by Gasteiger charge is 2.43. The van der Waals surface area contributed by atoms with Gasteiger partial charge in [-0.1, -0.05) is 12.5 Å². The van der Waals surface area contributed by atoms with Gasteiger partial charge in [-0.2, -0.15) is 11.8 Å². The fraction of sp³-hybridized carbons (Fsp3) is 0.667. The van der Waals surface area contributed by atoms with Crippen LogP contribution in [0.5, 0.6) is 0 Å². The molecule has 0 saturated carbocycles. The SMILES string of the molecule is C=C(C)CC(C)C(=O)NC1(C(=O)O)CCSC1. The highest BCUT2D eigenvalue weighted by atomic mass is 32.2. The van der Waals surface area contributed by atoms with Gasteiger partial charge in [0, 0.05) is 11.7 Å². The molecular formula is C12H19NO3S. The van der Waals surface area contributed by atoms with Crippen LogP contribution in [-0.2, 0) is 9.59 Å². The highest BCUT2D eigenvalue weighted by molar-refractivity contribution is 7.99. The smallest absolute Gasteiger partial charge is 0.330 e. The normalized spacial score (nSPS) is 25.3. The zero-order valence-electron chi connectivity index (χ0n) is 10.3. The lowest BCUT2D eigenvalue weighted by atomic mass is 9.96. The molecule has 5 heteroatoms. The first-order valence-corrected chi connectivity index (χ1v) is 6.80. The van der Waals surface area contributed by atoms with Gasteiger partial charge in [-0.05, 0) is 25.5 Å². The molecule has 96 valence electrons. The average molecular weight is 257 g/mol. The molecule has 0 aliphatic carbocycles. The summed E-state index contributed by atoms with van der Waals surface area (Å²) in [5.74, 6) is -0.124. The summed E-state index contributed by atoms with van der Waals surface area (Å²) in [6.45, 7) is 7.42. The molecule has 0 aromatic carbocycles. The maximum atomic E-state index is 11.9. The summed E-state index contributed by atoms with van der Waals surface area (Å²) < 4.78 is 0. The van der Waals surface area contributed by atoms with Crippen LogP contribution < -0.4 is 5.32 Å². The van der Waals surface area contributed by atoms with Crippen LogP contribution in [0.1, 0.15) is 26.7 Å². The summed E-state index contributed by atoms with van der Waals surface area (Å²) in [7, 11) is 0. The Morgan fingerprint density at radius 3 is 2.65 bits per heavy atom. The lowest BCUT2D eigenvalue weighted by molar-refractivity contribution is -0.147. The van der Waals surface area contributed by atoms with E-state index in [1.807, 2.05) is 6.92 Å². The number of carboxylic acids is 1. The van der Waals surface area contributed by atoms with Crippen molar-refractivity contribution in [2.45, 2.75) is 32.2 Å². The number of carbonyl (C=O) groups is 2. The molecule has 2 unspecified atom stereocenters. The van der Waals surface area contributed by atoms with Crippen molar-refractivity contribution in [1.29, 1.82) is 0 Å². The monoisotopic (exact) mass is 257 g/mol. The largest absolute Gasteiger partial charge is 0.479 e. The van der Waals surface area contributed by atoms with Gasteiger partial charge in [-0.25, -0.2) is 4.79 Å². The summed E-state index contributed by atoms with van der Waals surface area (Å²) in [6, 6.07) is 0. The third-order valence-electron chi connectivity index (χ3n) is 2.90. The Morgan fingerprint density at radius 1 is 1.59 bits per heavy atom. The number of allylic oxidation sites excluding steroid dienone is 1. The van der Waals surface area contributed by atoms with Gasteiger partial charge >= 0.3 is 5.97 Å². The number of carboxylic acid groups (broad SMARTS) is 1. The molecule has 0 aromatic heterocycles. The first-order chi connectivity index (χ1) is 7.87. The number of rotatable bonds is 5. The molecular weight excluding hydrogens is 238 g/mol. The second-order valence-corrected chi connectivity index (χ2v) is 5.85. The molecule has 0 bridgehead atoms. The van der Waals surface area contributed by atoms with Crippen molar-refractivity contribution in [2.75, 3.05) is 11.5 Å². The van der Waals surface area contributed by atoms with E-state index >= 15 is 0 Å². The second kappa shape index (κ2) is 5.58. The molecule has 1 amide bonds. The van der Waals surface area contributed by atoms with Gasteiger partial charge in [0.25, 0.3) is 0 Å². The third-order valence-corrected chi connectivity index (χ3v) is 4.09. The molecule has 1 rings (SSSR count). The maximum absolute atomic E-state index is 11.9. The zero-order valence-corrected chi connectivity index (χ0v) is 11.1. The molecule has 1 heterocycles. The van der Waals surface area contributed by atoms with Gasteiger partial charge in [0.15, 0.2) is 0 Å². The molecule has 2 atom stereocenters. The number of aliphatic carboxylic acids is 1. The van der Waals surface area contributed by atoms with Gasteiger partial charge in [0.2, 0.25) is 5.91 Å². The lowest BCUT2D eigenvalue weighted by Crippen LogP contribution is -2.56. The average Bonchev–Trinajstić information content (AvgIpc) is 2.66. The van der Waals surface area contributed by atoms with Crippen molar-refractivity contribution in [3.63, 3.8) is 0 Å². The van der Waals surface area contributed by atoms with E-state index in [1.165, 1.54) is 0 Å². The molecule has 2 N–H and O–H groups in total. The van der Waals surface area contributed by atoms with Crippen LogP contribution in [-0.4, -0.2) is 34.0 Å². The number of hydrogen-bond donors (Lipinski definition) is 2. The summed E-state index contributed by atoms with van der Waals surface area (Å²) in [4.78, 5) is 23.2. The standard InChI is InChI=1S/C12H19NO3S/c1-8(2)6-9(3)10(14)13-12(11(15)16)4-5-17-7-12/h9H,1,4-7H2,2-3H3,(H,13,14)(H,15,16). The minimum atomic E-state index is -1.06. The van der Waals surface area contributed by atoms with Gasteiger partial charge in [-0.15, -0.1) is 6.58 Å². The molecule has 1 aliphatic heterocycles. The van der Waals surface area contributed by atoms with Crippen molar-refractivity contribution in [3.8, 4) is 0 Å². The van der Waals surface area contributed by atoms with Gasteiger partial charge in [0.1, 0.15) is 5.54 Å². The van der Waals surface area contributed by atoms with Crippen molar-refractivity contribution < 1.29 is 14.7 Å². The van der Waals surface area contributed by atoms with Gasteiger partial charge in [-0.3, -0.25) is 4.79 Å². The van der Waals surface area contributed by atoms with Crippen LogP contribution in [0.25, 0.3) is 0 Å². The molecule has 1 fully saturated rings. The number of hydrogen-bond acceptors (Lipinski definition) is 3. The lowest BCUT2D eigenvalue weighted by Gasteiger charge is -2.26. The fourth-order valence-corrected chi connectivity index (χ4v) is 3.19. The minimum absolute atomic E-state index is 0.196. The summed E-state index contributed by atoms with van der Waals surface area (Å²) in [6.07, 6.45) is 1.09.